The van der Waals surface area contributed by atoms with E-state index in [0.29, 0.717) is 17.6 Å². The SMILES string of the molecule is C=C(Cl)/C=C(\C)CNc1cccc(-c2nncn2C2CC2)n1. The van der Waals surface area contributed by atoms with Gasteiger partial charge in [0.05, 0.1) is 0 Å². The topological polar surface area (TPSA) is 55.6 Å². The van der Waals surface area contributed by atoms with Crippen LogP contribution >= 0.6 is 11.6 Å². The number of anilines is 1. The fourth-order valence-corrected chi connectivity index (χ4v) is 2.44. The Balaban J connectivity index is 1.75. The van der Waals surface area contributed by atoms with Gasteiger partial charge >= 0.3 is 0 Å². The maximum Gasteiger partial charge on any atom is 0.182 e. The lowest BCUT2D eigenvalue weighted by atomic mass is 10.2. The van der Waals surface area contributed by atoms with Gasteiger partial charge in [0.2, 0.25) is 0 Å². The van der Waals surface area contributed by atoms with E-state index < -0.39 is 0 Å². The number of halogens is 1. The van der Waals surface area contributed by atoms with E-state index in [-0.39, 0.29) is 0 Å². The first-order chi connectivity index (χ1) is 10.6. The summed E-state index contributed by atoms with van der Waals surface area (Å²) in [4.78, 5) is 4.62. The number of rotatable bonds is 6. The van der Waals surface area contributed by atoms with E-state index in [4.69, 9.17) is 11.6 Å². The molecule has 1 N–H and O–H groups in total. The van der Waals surface area contributed by atoms with Gasteiger partial charge in [-0.05, 0) is 38.0 Å². The predicted octanol–water partition coefficient (Wildman–Crippen LogP) is 3.79. The predicted molar refractivity (Wildman–Crippen MR) is 88.8 cm³/mol. The Kier molecular flexibility index (Phi) is 4.24. The second kappa shape index (κ2) is 6.32. The van der Waals surface area contributed by atoms with Crippen LogP contribution in [0.25, 0.3) is 11.5 Å². The van der Waals surface area contributed by atoms with Gasteiger partial charge in [0.15, 0.2) is 5.82 Å². The van der Waals surface area contributed by atoms with Crippen LogP contribution in [0.15, 0.2) is 47.8 Å². The van der Waals surface area contributed by atoms with Gasteiger partial charge in [-0.15, -0.1) is 10.2 Å². The minimum absolute atomic E-state index is 0.526. The first kappa shape index (κ1) is 14.8. The van der Waals surface area contributed by atoms with E-state index in [0.717, 1.165) is 22.9 Å². The molecule has 1 saturated carbocycles. The maximum atomic E-state index is 5.77. The van der Waals surface area contributed by atoms with Crippen LogP contribution in [-0.4, -0.2) is 26.3 Å². The number of nitrogens with zero attached hydrogens (tertiary/aromatic N) is 4. The van der Waals surface area contributed by atoms with E-state index >= 15 is 0 Å². The lowest BCUT2D eigenvalue weighted by molar-refractivity contribution is 0.744. The minimum atomic E-state index is 0.526. The third kappa shape index (κ3) is 3.54. The van der Waals surface area contributed by atoms with Gasteiger partial charge < -0.3 is 9.88 Å². The Labute approximate surface area is 134 Å². The van der Waals surface area contributed by atoms with Crippen molar-refractivity contribution < 1.29 is 0 Å². The van der Waals surface area contributed by atoms with Crippen LogP contribution < -0.4 is 5.32 Å². The van der Waals surface area contributed by atoms with Crippen LogP contribution in [0.4, 0.5) is 5.82 Å². The summed E-state index contributed by atoms with van der Waals surface area (Å²) in [6, 6.07) is 6.39. The number of aromatic nitrogens is 4. The van der Waals surface area contributed by atoms with Crippen LogP contribution in [0.2, 0.25) is 0 Å². The summed E-state index contributed by atoms with van der Waals surface area (Å²) < 4.78 is 2.11. The molecule has 22 heavy (non-hydrogen) atoms. The third-order valence-electron chi connectivity index (χ3n) is 3.44. The number of nitrogens with one attached hydrogen (secondary N) is 1. The molecule has 114 valence electrons. The molecule has 2 heterocycles. The first-order valence-corrected chi connectivity index (χ1v) is 7.63. The van der Waals surface area contributed by atoms with E-state index in [1.165, 1.54) is 12.8 Å². The van der Waals surface area contributed by atoms with Crippen molar-refractivity contribution in [3.63, 3.8) is 0 Å². The van der Waals surface area contributed by atoms with Gasteiger partial charge in [-0.2, -0.15) is 0 Å². The van der Waals surface area contributed by atoms with Crippen molar-refractivity contribution in [1.29, 1.82) is 0 Å². The van der Waals surface area contributed by atoms with Gasteiger partial charge in [0, 0.05) is 17.6 Å². The van der Waals surface area contributed by atoms with Crippen LogP contribution in [0.3, 0.4) is 0 Å². The highest BCUT2D eigenvalue weighted by Gasteiger charge is 2.26. The largest absolute Gasteiger partial charge is 0.366 e. The van der Waals surface area contributed by atoms with Crippen molar-refractivity contribution in [2.24, 2.45) is 0 Å². The summed E-state index contributed by atoms with van der Waals surface area (Å²) in [7, 11) is 0. The zero-order chi connectivity index (χ0) is 15.5. The molecule has 6 heteroatoms. The van der Waals surface area contributed by atoms with Gasteiger partial charge in [-0.25, -0.2) is 4.98 Å². The van der Waals surface area contributed by atoms with E-state index in [1.54, 1.807) is 6.33 Å². The number of allylic oxidation sites excluding steroid dienone is 2. The quantitative estimate of drug-likeness (QED) is 0.824. The van der Waals surface area contributed by atoms with Gasteiger partial charge in [-0.1, -0.05) is 29.8 Å². The highest BCUT2D eigenvalue weighted by molar-refractivity contribution is 6.30. The first-order valence-electron chi connectivity index (χ1n) is 7.26. The van der Waals surface area contributed by atoms with Crippen LogP contribution in [0.1, 0.15) is 25.8 Å². The summed E-state index contributed by atoms with van der Waals surface area (Å²) in [5.74, 6) is 1.63. The Morgan fingerprint density at radius 1 is 1.50 bits per heavy atom. The minimum Gasteiger partial charge on any atom is -0.366 e. The standard InChI is InChI=1S/C16H18ClN5/c1-11(8-12(2)17)9-18-15-5-3-4-14(20-15)16-21-19-10-22(16)13-6-7-13/h3-5,8,10,13H,2,6-7,9H2,1H3,(H,18,20)/b11-8+. The van der Waals surface area contributed by atoms with Gasteiger partial charge in [0.1, 0.15) is 17.8 Å². The molecule has 0 radical (unpaired) electrons. The van der Waals surface area contributed by atoms with Crippen molar-refractivity contribution in [2.75, 3.05) is 11.9 Å². The Bertz CT molecular complexity index is 715. The van der Waals surface area contributed by atoms with Crippen LogP contribution in [0.5, 0.6) is 0 Å². The third-order valence-corrected chi connectivity index (χ3v) is 3.55. The van der Waals surface area contributed by atoms with Crippen LogP contribution in [0, 0.1) is 0 Å². The molecule has 0 atom stereocenters. The van der Waals surface area contributed by atoms with Crippen molar-refractivity contribution >= 4 is 17.4 Å². The molecule has 0 bridgehead atoms. The average Bonchev–Trinajstić information content (AvgIpc) is 3.22. The smallest absolute Gasteiger partial charge is 0.182 e. The maximum absolute atomic E-state index is 5.77. The van der Waals surface area contributed by atoms with E-state index in [9.17, 15) is 0 Å². The second-order valence-corrected chi connectivity index (χ2v) is 5.98. The average molecular weight is 316 g/mol. The molecule has 1 fully saturated rings. The molecule has 5 nitrogen and oxygen atoms in total. The van der Waals surface area contributed by atoms with E-state index in [2.05, 4.69) is 31.6 Å². The van der Waals surface area contributed by atoms with Crippen molar-refractivity contribution in [3.8, 4) is 11.5 Å². The number of hydrogen-bond acceptors (Lipinski definition) is 4. The summed E-state index contributed by atoms with van der Waals surface area (Å²) in [6.45, 7) is 6.32. The molecular formula is C16H18ClN5. The van der Waals surface area contributed by atoms with Crippen molar-refractivity contribution in [2.45, 2.75) is 25.8 Å². The molecule has 0 unspecified atom stereocenters. The molecule has 1 aliphatic carbocycles. The molecule has 0 aromatic carbocycles. The van der Waals surface area contributed by atoms with Crippen LogP contribution in [-0.2, 0) is 0 Å². The zero-order valence-electron chi connectivity index (χ0n) is 12.5. The Morgan fingerprint density at radius 2 is 2.32 bits per heavy atom. The normalized spacial score (nSPS) is 14.9. The number of hydrogen-bond donors (Lipinski definition) is 1. The molecular weight excluding hydrogens is 298 g/mol. The summed E-state index contributed by atoms with van der Waals surface area (Å²) in [6.07, 6.45) is 6.00. The lowest BCUT2D eigenvalue weighted by Crippen LogP contribution is -2.05. The van der Waals surface area contributed by atoms with E-state index in [1.807, 2.05) is 31.2 Å². The highest BCUT2D eigenvalue weighted by atomic mass is 35.5. The molecule has 0 spiro atoms. The molecule has 0 aliphatic heterocycles. The fraction of sp³-hybridized carbons (Fsp3) is 0.312. The van der Waals surface area contributed by atoms with Gasteiger partial charge in [0.25, 0.3) is 0 Å². The molecule has 2 aromatic heterocycles. The monoisotopic (exact) mass is 315 g/mol. The Morgan fingerprint density at radius 3 is 3.05 bits per heavy atom. The number of pyridine rings is 1. The van der Waals surface area contributed by atoms with Crippen molar-refractivity contribution in [1.82, 2.24) is 19.7 Å². The van der Waals surface area contributed by atoms with Gasteiger partial charge in [-0.3, -0.25) is 0 Å². The summed E-state index contributed by atoms with van der Waals surface area (Å²) in [5, 5.41) is 12.0. The molecule has 0 saturated heterocycles. The fourth-order valence-electron chi connectivity index (χ4n) is 2.25. The molecule has 1 aliphatic rings. The highest BCUT2D eigenvalue weighted by Crippen LogP contribution is 2.37. The molecule has 2 aromatic rings. The second-order valence-electron chi connectivity index (χ2n) is 5.49. The summed E-state index contributed by atoms with van der Waals surface area (Å²) in [5.41, 5.74) is 1.92. The van der Waals surface area contributed by atoms with Crippen molar-refractivity contribution in [3.05, 3.63) is 47.8 Å². The molecule has 3 rings (SSSR count). The lowest BCUT2D eigenvalue weighted by Gasteiger charge is -2.08. The molecule has 0 amide bonds. The zero-order valence-corrected chi connectivity index (χ0v) is 13.2. The Hall–Kier alpha value is -2.14. The summed E-state index contributed by atoms with van der Waals surface area (Å²) >= 11 is 5.77.